The summed E-state index contributed by atoms with van der Waals surface area (Å²) in [6, 6.07) is 23.9. The molecule has 2 atom stereocenters. The molecule has 0 aliphatic carbocycles. The number of halogens is 1. The number of carboxylic acid groups (broad SMARTS) is 1. The van der Waals surface area contributed by atoms with Crippen LogP contribution in [0.25, 0.3) is 22.5 Å². The van der Waals surface area contributed by atoms with Gasteiger partial charge in [0.05, 0.1) is 6.61 Å². The van der Waals surface area contributed by atoms with Crippen LogP contribution in [-0.4, -0.2) is 35.0 Å². The van der Waals surface area contributed by atoms with Gasteiger partial charge in [0.2, 0.25) is 0 Å². The number of benzene rings is 3. The number of hydrogen-bond donors (Lipinski definition) is 2. The van der Waals surface area contributed by atoms with Gasteiger partial charge in [-0.3, -0.25) is 4.79 Å². The quantitative estimate of drug-likeness (QED) is 0.155. The minimum Gasteiger partial charge on any atom is -1.00 e. The molecule has 2 N–H and O–H groups in total. The van der Waals surface area contributed by atoms with E-state index in [-0.39, 0.29) is 26.4 Å². The van der Waals surface area contributed by atoms with Crippen LogP contribution in [0.5, 0.6) is 0 Å². The van der Waals surface area contributed by atoms with Gasteiger partial charge in [-0.25, -0.2) is 4.79 Å². The number of carbonyl (C=O) groups is 2. The molecule has 3 aromatic carbocycles. The second kappa shape index (κ2) is 17.5. The molecular weight excluding hydrogens is 589 g/mol. The molecule has 0 saturated heterocycles. The van der Waals surface area contributed by atoms with E-state index in [9.17, 15) is 14.7 Å². The number of thioether (sulfide) groups is 1. The number of rotatable bonds is 15. The van der Waals surface area contributed by atoms with Crippen LogP contribution in [0.3, 0.4) is 0 Å². The Morgan fingerprint density at radius 1 is 1.02 bits per heavy atom. The van der Waals surface area contributed by atoms with Crippen LogP contribution in [0.4, 0.5) is 0 Å². The Balaban J connectivity index is 0.00000353. The van der Waals surface area contributed by atoms with Crippen molar-refractivity contribution in [3.63, 3.8) is 0 Å². The van der Waals surface area contributed by atoms with E-state index in [1.165, 1.54) is 0 Å². The van der Waals surface area contributed by atoms with Gasteiger partial charge in [-0.15, -0.1) is 0 Å². The van der Waals surface area contributed by atoms with Crippen LogP contribution >= 0.6 is 23.4 Å². The van der Waals surface area contributed by atoms with Crippen molar-refractivity contribution >= 4 is 35.2 Å². The first-order valence-electron chi connectivity index (χ1n) is 14.5. The Bertz CT molecular complexity index is 1530. The van der Waals surface area contributed by atoms with Crippen molar-refractivity contribution in [3.05, 3.63) is 106 Å². The summed E-state index contributed by atoms with van der Waals surface area (Å²) in [5.74, 6) is 0.698. The number of nitrogens with one attached hydrogen (secondary N) is 1. The average Bonchev–Trinajstić information content (AvgIpc) is 3.49. The summed E-state index contributed by atoms with van der Waals surface area (Å²) >= 11 is 7.60. The van der Waals surface area contributed by atoms with Crippen LogP contribution < -0.4 is 24.2 Å². The maximum Gasteiger partial charge on any atom is 1.00 e. The van der Waals surface area contributed by atoms with E-state index < -0.39 is 17.9 Å². The Morgan fingerprint density at radius 3 is 2.45 bits per heavy atom. The Labute approximate surface area is 282 Å². The van der Waals surface area contributed by atoms with Crippen molar-refractivity contribution in [2.45, 2.75) is 58.3 Å². The van der Waals surface area contributed by atoms with E-state index >= 15 is 0 Å². The minimum absolute atomic E-state index is 0. The van der Waals surface area contributed by atoms with Gasteiger partial charge < -0.3 is 21.0 Å². The molecule has 0 aliphatic rings. The number of carbonyl (C=O) groups excluding carboxylic acids is 1. The van der Waals surface area contributed by atoms with Crippen LogP contribution in [0, 0.1) is 6.92 Å². The predicted molar refractivity (Wildman–Crippen MR) is 176 cm³/mol. The van der Waals surface area contributed by atoms with Gasteiger partial charge in [-0.05, 0) is 103 Å². The van der Waals surface area contributed by atoms with E-state index in [1.54, 1.807) is 17.8 Å². The van der Waals surface area contributed by atoms with Crippen LogP contribution in [0.15, 0.2) is 83.3 Å². The standard InChI is InChI=1S/C35H38ClNO5S.Li.H/c1-4-5-10-32(33-18-17-31(42-33)25-12-14-26(36)15-13-25)41-22-24-11-16-28(29(21-24)27-9-7-6-8-23(27)2)34(38)37-30(35(39)40)19-20-43-3;;/h6-9,11-18,21,30,32H,4-5,10,19-20,22H2,1-3H3,(H,37,38)(H,39,40);;/q;+1;-1. The molecule has 9 heteroatoms. The third-order valence-electron chi connectivity index (χ3n) is 7.32. The molecule has 1 amide bonds. The molecule has 1 heterocycles. The number of aliphatic carboxylic acids is 1. The topological polar surface area (TPSA) is 88.8 Å². The maximum atomic E-state index is 13.4. The molecule has 0 radical (unpaired) electrons. The summed E-state index contributed by atoms with van der Waals surface area (Å²) in [6.45, 7) is 4.46. The van der Waals surface area contributed by atoms with Gasteiger partial charge in [0.25, 0.3) is 5.91 Å². The Kier molecular flexibility index (Phi) is 14.2. The third-order valence-corrected chi connectivity index (χ3v) is 8.22. The summed E-state index contributed by atoms with van der Waals surface area (Å²) in [6.07, 6.45) is 4.84. The molecule has 44 heavy (non-hydrogen) atoms. The molecule has 228 valence electrons. The number of unbranched alkanes of at least 4 members (excludes halogenated alkanes) is 1. The smallest absolute Gasteiger partial charge is 1.00 e. The fourth-order valence-electron chi connectivity index (χ4n) is 4.90. The van der Waals surface area contributed by atoms with Gasteiger partial charge >= 0.3 is 24.8 Å². The Hall–Kier alpha value is -2.92. The number of hydrogen-bond acceptors (Lipinski definition) is 5. The van der Waals surface area contributed by atoms with Crippen molar-refractivity contribution in [2.75, 3.05) is 12.0 Å². The summed E-state index contributed by atoms with van der Waals surface area (Å²) < 4.78 is 12.7. The van der Waals surface area contributed by atoms with Gasteiger partial charge in [0, 0.05) is 16.1 Å². The molecule has 0 saturated carbocycles. The van der Waals surface area contributed by atoms with E-state index in [2.05, 4.69) is 12.2 Å². The molecular formula is C35H39ClLiNO5S. The molecule has 4 rings (SSSR count). The Morgan fingerprint density at radius 2 is 1.77 bits per heavy atom. The molecule has 0 fully saturated rings. The molecule has 6 nitrogen and oxygen atoms in total. The van der Waals surface area contributed by atoms with Crippen molar-refractivity contribution in [3.8, 4) is 22.5 Å². The number of aryl methyl sites for hydroxylation is 1. The van der Waals surface area contributed by atoms with Gasteiger partial charge in [0.15, 0.2) is 0 Å². The third kappa shape index (κ3) is 9.54. The molecule has 0 aliphatic heterocycles. The molecule has 4 aromatic rings. The first-order valence-corrected chi connectivity index (χ1v) is 16.3. The zero-order valence-electron chi connectivity index (χ0n) is 26.8. The molecule has 2 unspecified atom stereocenters. The van der Waals surface area contributed by atoms with Crippen LogP contribution in [0.1, 0.15) is 67.4 Å². The van der Waals surface area contributed by atoms with E-state index in [1.807, 2.05) is 86.0 Å². The average molecular weight is 628 g/mol. The van der Waals surface area contributed by atoms with Crippen molar-refractivity contribution in [2.24, 2.45) is 0 Å². The van der Waals surface area contributed by atoms with E-state index in [0.29, 0.717) is 29.4 Å². The van der Waals surface area contributed by atoms with E-state index in [0.717, 1.165) is 58.6 Å². The monoisotopic (exact) mass is 627 g/mol. The van der Waals surface area contributed by atoms with Gasteiger partial charge in [-0.1, -0.05) is 61.7 Å². The summed E-state index contributed by atoms with van der Waals surface area (Å²) in [5, 5.41) is 13.1. The number of amides is 1. The normalized spacial score (nSPS) is 12.3. The predicted octanol–water partition coefficient (Wildman–Crippen LogP) is 6.08. The van der Waals surface area contributed by atoms with Crippen molar-refractivity contribution < 1.29 is 44.1 Å². The minimum atomic E-state index is -1.04. The number of ether oxygens (including phenoxy) is 1. The second-order valence-electron chi connectivity index (χ2n) is 10.5. The molecule has 0 bridgehead atoms. The first kappa shape index (κ1) is 35.6. The van der Waals surface area contributed by atoms with Crippen molar-refractivity contribution in [1.82, 2.24) is 5.32 Å². The second-order valence-corrected chi connectivity index (χ2v) is 11.9. The van der Waals surface area contributed by atoms with Gasteiger partial charge in [0.1, 0.15) is 23.7 Å². The maximum absolute atomic E-state index is 13.4. The summed E-state index contributed by atoms with van der Waals surface area (Å²) in [7, 11) is 0. The largest absolute Gasteiger partial charge is 1.00 e. The molecule has 1 aromatic heterocycles. The van der Waals surface area contributed by atoms with E-state index in [4.69, 9.17) is 20.8 Å². The zero-order chi connectivity index (χ0) is 30.8. The number of carboxylic acids is 1. The first-order chi connectivity index (χ1) is 20.8. The summed E-state index contributed by atoms with van der Waals surface area (Å²) in [5.41, 5.74) is 4.93. The fraction of sp³-hybridized carbons (Fsp3) is 0.314. The van der Waals surface area contributed by atoms with Crippen LogP contribution in [0.2, 0.25) is 5.02 Å². The van der Waals surface area contributed by atoms with Crippen LogP contribution in [-0.2, 0) is 16.1 Å². The fourth-order valence-corrected chi connectivity index (χ4v) is 5.49. The molecule has 0 spiro atoms. The summed E-state index contributed by atoms with van der Waals surface area (Å²) in [4.78, 5) is 25.2. The SMILES string of the molecule is CCCCC(OCc1ccc(C(=O)NC(CCSC)C(=O)O)c(-c2ccccc2C)c1)c1ccc(-c2ccc(Cl)cc2)o1.[H-].[Li+]. The number of furan rings is 1. The zero-order valence-corrected chi connectivity index (χ0v) is 27.3. The van der Waals surface area contributed by atoms with Crippen molar-refractivity contribution in [1.29, 1.82) is 0 Å². The van der Waals surface area contributed by atoms with Gasteiger partial charge in [-0.2, -0.15) is 11.8 Å².